The lowest BCUT2D eigenvalue weighted by molar-refractivity contribution is 0.245. The van der Waals surface area contributed by atoms with Crippen molar-refractivity contribution in [1.82, 2.24) is 10.6 Å². The molecule has 1 aliphatic heterocycles. The van der Waals surface area contributed by atoms with Crippen molar-refractivity contribution < 1.29 is 4.79 Å². The van der Waals surface area contributed by atoms with Gasteiger partial charge in [0.1, 0.15) is 0 Å². The molecule has 4 nitrogen and oxygen atoms in total. The normalized spacial score (nSPS) is 23.4. The zero-order chi connectivity index (χ0) is 12.1. The molecule has 92 valence electrons. The van der Waals surface area contributed by atoms with Crippen LogP contribution in [-0.4, -0.2) is 25.7 Å². The summed E-state index contributed by atoms with van der Waals surface area (Å²) in [6, 6.07) is 9.34. The molecular formula is C13H19N3O. The lowest BCUT2D eigenvalue weighted by Gasteiger charge is -2.22. The van der Waals surface area contributed by atoms with Crippen molar-refractivity contribution in [2.45, 2.75) is 13.3 Å². The summed E-state index contributed by atoms with van der Waals surface area (Å²) in [6.45, 7) is 4.91. The van der Waals surface area contributed by atoms with Gasteiger partial charge in [-0.15, -0.1) is 0 Å². The van der Waals surface area contributed by atoms with E-state index in [1.165, 1.54) is 0 Å². The standard InChI is InChI=1S/C13H19N3O/c1-13(7-8-14-9-13)10-15-12(17)16-11-5-3-2-4-6-11/h2-6,14H,7-10H2,1H3,(H2,15,16,17). The van der Waals surface area contributed by atoms with Gasteiger partial charge in [-0.25, -0.2) is 4.79 Å². The average molecular weight is 233 g/mol. The Bertz CT molecular complexity index is 372. The molecule has 0 aliphatic carbocycles. The summed E-state index contributed by atoms with van der Waals surface area (Å²) in [4.78, 5) is 11.7. The summed E-state index contributed by atoms with van der Waals surface area (Å²) in [5, 5.41) is 9.05. The van der Waals surface area contributed by atoms with Crippen molar-refractivity contribution in [2.24, 2.45) is 5.41 Å². The van der Waals surface area contributed by atoms with E-state index in [1.54, 1.807) is 0 Å². The molecule has 1 fully saturated rings. The highest BCUT2D eigenvalue weighted by Gasteiger charge is 2.28. The highest BCUT2D eigenvalue weighted by molar-refractivity contribution is 5.89. The summed E-state index contributed by atoms with van der Waals surface area (Å²) < 4.78 is 0. The second-order valence-corrected chi connectivity index (χ2v) is 4.91. The maximum absolute atomic E-state index is 11.7. The molecule has 0 radical (unpaired) electrons. The third kappa shape index (κ3) is 3.46. The molecule has 4 heteroatoms. The molecule has 0 bridgehead atoms. The number of rotatable bonds is 3. The minimum absolute atomic E-state index is 0.135. The molecule has 1 saturated heterocycles. The van der Waals surface area contributed by atoms with Crippen LogP contribution in [0.25, 0.3) is 0 Å². The van der Waals surface area contributed by atoms with E-state index in [-0.39, 0.29) is 11.4 Å². The molecule has 2 amide bonds. The van der Waals surface area contributed by atoms with Crippen molar-refractivity contribution in [1.29, 1.82) is 0 Å². The van der Waals surface area contributed by atoms with Crippen LogP contribution in [0.1, 0.15) is 13.3 Å². The van der Waals surface area contributed by atoms with E-state index in [1.807, 2.05) is 30.3 Å². The fourth-order valence-corrected chi connectivity index (χ4v) is 2.01. The zero-order valence-electron chi connectivity index (χ0n) is 10.1. The Labute approximate surface area is 102 Å². The van der Waals surface area contributed by atoms with Gasteiger partial charge in [0.15, 0.2) is 0 Å². The van der Waals surface area contributed by atoms with E-state index in [0.29, 0.717) is 6.54 Å². The minimum Gasteiger partial charge on any atom is -0.337 e. The molecule has 1 aromatic carbocycles. The van der Waals surface area contributed by atoms with Crippen molar-refractivity contribution in [3.63, 3.8) is 0 Å². The summed E-state index contributed by atoms with van der Waals surface area (Å²) in [5.74, 6) is 0. The first-order chi connectivity index (χ1) is 8.18. The van der Waals surface area contributed by atoms with Gasteiger partial charge in [0.25, 0.3) is 0 Å². The third-order valence-electron chi connectivity index (χ3n) is 3.16. The summed E-state index contributed by atoms with van der Waals surface area (Å²) in [5.41, 5.74) is 1.01. The monoisotopic (exact) mass is 233 g/mol. The summed E-state index contributed by atoms with van der Waals surface area (Å²) in [6.07, 6.45) is 1.11. The van der Waals surface area contributed by atoms with E-state index in [2.05, 4.69) is 22.9 Å². The van der Waals surface area contributed by atoms with Gasteiger partial charge >= 0.3 is 6.03 Å². The number of amides is 2. The van der Waals surface area contributed by atoms with E-state index in [9.17, 15) is 4.79 Å². The molecule has 1 heterocycles. The van der Waals surface area contributed by atoms with Crippen molar-refractivity contribution in [2.75, 3.05) is 25.0 Å². The summed E-state index contributed by atoms with van der Waals surface area (Å²) >= 11 is 0. The molecule has 1 aliphatic rings. The topological polar surface area (TPSA) is 53.2 Å². The molecule has 2 rings (SSSR count). The fourth-order valence-electron chi connectivity index (χ4n) is 2.01. The molecule has 3 N–H and O–H groups in total. The van der Waals surface area contributed by atoms with Crippen LogP contribution >= 0.6 is 0 Å². The lowest BCUT2D eigenvalue weighted by atomic mass is 9.90. The number of para-hydroxylation sites is 1. The van der Waals surface area contributed by atoms with Crippen molar-refractivity contribution in [3.05, 3.63) is 30.3 Å². The van der Waals surface area contributed by atoms with Gasteiger partial charge in [-0.2, -0.15) is 0 Å². The molecular weight excluding hydrogens is 214 g/mol. The predicted octanol–water partition coefficient (Wildman–Crippen LogP) is 1.81. The van der Waals surface area contributed by atoms with E-state index < -0.39 is 0 Å². The van der Waals surface area contributed by atoms with Crippen LogP contribution in [-0.2, 0) is 0 Å². The number of urea groups is 1. The Hall–Kier alpha value is -1.55. The predicted molar refractivity (Wildman–Crippen MR) is 69.1 cm³/mol. The zero-order valence-corrected chi connectivity index (χ0v) is 10.1. The lowest BCUT2D eigenvalue weighted by Crippen LogP contribution is -2.39. The molecule has 0 spiro atoms. The molecule has 17 heavy (non-hydrogen) atoms. The SMILES string of the molecule is CC1(CNC(=O)Nc2ccccc2)CCNC1. The van der Waals surface area contributed by atoms with Crippen LogP contribution in [0.3, 0.4) is 0 Å². The Balaban J connectivity index is 1.78. The Morgan fingerprint density at radius 3 is 2.82 bits per heavy atom. The Morgan fingerprint density at radius 2 is 2.18 bits per heavy atom. The highest BCUT2D eigenvalue weighted by Crippen LogP contribution is 2.22. The van der Waals surface area contributed by atoms with E-state index >= 15 is 0 Å². The van der Waals surface area contributed by atoms with Gasteiger partial charge in [-0.3, -0.25) is 0 Å². The Morgan fingerprint density at radius 1 is 1.41 bits per heavy atom. The van der Waals surface area contributed by atoms with Gasteiger partial charge in [-0.05, 0) is 30.5 Å². The second kappa shape index (κ2) is 5.19. The largest absolute Gasteiger partial charge is 0.337 e. The van der Waals surface area contributed by atoms with Crippen LogP contribution < -0.4 is 16.0 Å². The molecule has 1 unspecified atom stereocenters. The first-order valence-electron chi connectivity index (χ1n) is 5.99. The number of benzene rings is 1. The third-order valence-corrected chi connectivity index (χ3v) is 3.16. The number of hydrogen-bond acceptors (Lipinski definition) is 2. The van der Waals surface area contributed by atoms with Gasteiger partial charge in [0.05, 0.1) is 0 Å². The summed E-state index contributed by atoms with van der Waals surface area (Å²) in [7, 11) is 0. The number of hydrogen-bond donors (Lipinski definition) is 3. The van der Waals surface area contributed by atoms with Crippen molar-refractivity contribution >= 4 is 11.7 Å². The molecule has 1 atom stereocenters. The number of carbonyl (C=O) groups excluding carboxylic acids is 1. The maximum Gasteiger partial charge on any atom is 0.319 e. The van der Waals surface area contributed by atoms with Crippen LogP contribution in [0.15, 0.2) is 30.3 Å². The van der Waals surface area contributed by atoms with Crippen molar-refractivity contribution in [3.8, 4) is 0 Å². The van der Waals surface area contributed by atoms with E-state index in [0.717, 1.165) is 25.2 Å². The number of anilines is 1. The van der Waals surface area contributed by atoms with E-state index in [4.69, 9.17) is 0 Å². The van der Waals surface area contributed by atoms with Crippen LogP contribution in [0, 0.1) is 5.41 Å². The smallest absolute Gasteiger partial charge is 0.319 e. The van der Waals surface area contributed by atoms with Gasteiger partial charge in [0.2, 0.25) is 0 Å². The van der Waals surface area contributed by atoms with Crippen LogP contribution in [0.5, 0.6) is 0 Å². The first kappa shape index (κ1) is 11.9. The van der Waals surface area contributed by atoms with Crippen LogP contribution in [0.4, 0.5) is 10.5 Å². The van der Waals surface area contributed by atoms with Gasteiger partial charge < -0.3 is 16.0 Å². The second-order valence-electron chi connectivity index (χ2n) is 4.91. The minimum atomic E-state index is -0.135. The number of carbonyl (C=O) groups is 1. The average Bonchev–Trinajstić information content (AvgIpc) is 2.76. The first-order valence-corrected chi connectivity index (χ1v) is 5.99. The highest BCUT2D eigenvalue weighted by atomic mass is 16.2. The molecule has 0 saturated carbocycles. The van der Waals surface area contributed by atoms with Gasteiger partial charge in [0, 0.05) is 18.8 Å². The maximum atomic E-state index is 11.7. The Kier molecular flexibility index (Phi) is 3.64. The van der Waals surface area contributed by atoms with Crippen LogP contribution in [0.2, 0.25) is 0 Å². The number of nitrogens with one attached hydrogen (secondary N) is 3. The molecule has 0 aromatic heterocycles. The molecule has 1 aromatic rings. The quantitative estimate of drug-likeness (QED) is 0.745. The van der Waals surface area contributed by atoms with Gasteiger partial charge in [-0.1, -0.05) is 25.1 Å². The fraction of sp³-hybridized carbons (Fsp3) is 0.462.